The van der Waals surface area contributed by atoms with Crippen molar-refractivity contribution >= 4 is 30.7 Å². The van der Waals surface area contributed by atoms with Crippen molar-refractivity contribution in [2.24, 2.45) is 5.41 Å². The molecule has 2 rings (SSSR count). The molecule has 4 nitrogen and oxygen atoms in total. The van der Waals surface area contributed by atoms with Gasteiger partial charge in [-0.15, -0.1) is 24.8 Å². The van der Waals surface area contributed by atoms with Gasteiger partial charge in [0, 0.05) is 6.54 Å². The normalized spacial score (nSPS) is 17.6. The average molecular weight is 362 g/mol. The van der Waals surface area contributed by atoms with Crippen LogP contribution in [0.25, 0.3) is 0 Å². The van der Waals surface area contributed by atoms with Crippen molar-refractivity contribution < 1.29 is 4.79 Å². The van der Waals surface area contributed by atoms with E-state index in [4.69, 9.17) is 0 Å². The number of rotatable bonds is 5. The van der Waals surface area contributed by atoms with Crippen LogP contribution in [0.4, 0.5) is 0 Å². The topological polar surface area (TPSA) is 44.4 Å². The van der Waals surface area contributed by atoms with Crippen LogP contribution in [0.3, 0.4) is 0 Å². The summed E-state index contributed by atoms with van der Waals surface area (Å²) in [5, 5.41) is 6.54. The first-order valence-electron chi connectivity index (χ1n) is 7.72. The van der Waals surface area contributed by atoms with Gasteiger partial charge in [-0.05, 0) is 51.0 Å². The van der Waals surface area contributed by atoms with E-state index in [1.165, 1.54) is 0 Å². The maximum Gasteiger partial charge on any atom is 0.241 e. The van der Waals surface area contributed by atoms with E-state index in [1.807, 2.05) is 49.3 Å². The SMILES string of the molecule is CN(C)C(C(=O)NCC1(C)CCNCC1)c1ccccc1.Cl.Cl. The Morgan fingerprint density at radius 3 is 2.30 bits per heavy atom. The van der Waals surface area contributed by atoms with Gasteiger partial charge in [-0.2, -0.15) is 0 Å². The van der Waals surface area contributed by atoms with Crippen molar-refractivity contribution in [1.29, 1.82) is 0 Å². The number of piperidine rings is 1. The summed E-state index contributed by atoms with van der Waals surface area (Å²) in [6.07, 6.45) is 2.23. The number of carbonyl (C=O) groups is 1. The molecule has 0 aliphatic carbocycles. The molecule has 1 aliphatic rings. The number of benzene rings is 1. The number of likely N-dealkylation sites (N-methyl/N-ethyl adjacent to an activating group) is 1. The Kier molecular flexibility index (Phi) is 9.78. The molecular formula is C17H29Cl2N3O. The zero-order valence-electron chi connectivity index (χ0n) is 14.2. The van der Waals surface area contributed by atoms with Gasteiger partial charge >= 0.3 is 0 Å². The first kappa shape index (κ1) is 22.2. The van der Waals surface area contributed by atoms with E-state index in [9.17, 15) is 4.79 Å². The second-order valence-corrected chi connectivity index (χ2v) is 6.56. The molecule has 6 heteroatoms. The van der Waals surface area contributed by atoms with Crippen molar-refractivity contribution in [1.82, 2.24) is 15.5 Å². The highest BCUT2D eigenvalue weighted by molar-refractivity contribution is 5.85. The minimum absolute atomic E-state index is 0. The Hall–Kier alpha value is -0.810. The van der Waals surface area contributed by atoms with Crippen LogP contribution in [0.2, 0.25) is 0 Å². The lowest BCUT2D eigenvalue weighted by atomic mass is 9.81. The Balaban J connectivity index is 0.00000242. The summed E-state index contributed by atoms with van der Waals surface area (Å²) < 4.78 is 0. The molecule has 0 spiro atoms. The number of hydrogen-bond donors (Lipinski definition) is 2. The zero-order chi connectivity index (χ0) is 15.3. The average Bonchev–Trinajstić information content (AvgIpc) is 2.47. The van der Waals surface area contributed by atoms with Gasteiger partial charge in [0.2, 0.25) is 5.91 Å². The highest BCUT2D eigenvalue weighted by atomic mass is 35.5. The Morgan fingerprint density at radius 2 is 1.78 bits per heavy atom. The fourth-order valence-corrected chi connectivity index (χ4v) is 2.92. The molecule has 0 saturated carbocycles. The molecule has 1 atom stereocenters. The molecule has 1 unspecified atom stereocenters. The molecular weight excluding hydrogens is 333 g/mol. The highest BCUT2D eigenvalue weighted by Crippen LogP contribution is 2.27. The van der Waals surface area contributed by atoms with Crippen LogP contribution >= 0.6 is 24.8 Å². The van der Waals surface area contributed by atoms with E-state index in [0.717, 1.165) is 38.0 Å². The monoisotopic (exact) mass is 361 g/mol. The summed E-state index contributed by atoms with van der Waals surface area (Å²) in [5.41, 5.74) is 1.25. The second-order valence-electron chi connectivity index (χ2n) is 6.56. The first-order valence-corrected chi connectivity index (χ1v) is 7.72. The largest absolute Gasteiger partial charge is 0.354 e. The molecule has 1 fully saturated rings. The molecule has 1 aliphatic heterocycles. The molecule has 1 aromatic carbocycles. The fourth-order valence-electron chi connectivity index (χ4n) is 2.92. The van der Waals surface area contributed by atoms with Gasteiger partial charge in [0.05, 0.1) is 0 Å². The van der Waals surface area contributed by atoms with Crippen LogP contribution in [0, 0.1) is 5.41 Å². The van der Waals surface area contributed by atoms with E-state index >= 15 is 0 Å². The smallest absolute Gasteiger partial charge is 0.241 e. The van der Waals surface area contributed by atoms with Crippen molar-refractivity contribution in [3.8, 4) is 0 Å². The molecule has 0 radical (unpaired) electrons. The summed E-state index contributed by atoms with van der Waals surface area (Å²) >= 11 is 0. The molecule has 1 amide bonds. The standard InChI is InChI=1S/C17H27N3O.2ClH/c1-17(9-11-18-12-10-17)13-19-16(21)15(20(2)3)14-7-5-4-6-8-14;;/h4-8,15,18H,9-13H2,1-3H3,(H,19,21);2*1H. The van der Waals surface area contributed by atoms with Gasteiger partial charge < -0.3 is 10.6 Å². The third kappa shape index (κ3) is 6.30. The molecule has 0 aromatic heterocycles. The van der Waals surface area contributed by atoms with E-state index in [1.54, 1.807) is 0 Å². The van der Waals surface area contributed by atoms with Crippen LogP contribution in [0.1, 0.15) is 31.4 Å². The number of nitrogens with one attached hydrogen (secondary N) is 2. The van der Waals surface area contributed by atoms with Crippen molar-refractivity contribution in [2.45, 2.75) is 25.8 Å². The molecule has 1 aromatic rings. The van der Waals surface area contributed by atoms with Crippen LogP contribution < -0.4 is 10.6 Å². The maximum atomic E-state index is 12.6. The van der Waals surface area contributed by atoms with Crippen LogP contribution in [0.15, 0.2) is 30.3 Å². The van der Waals surface area contributed by atoms with E-state index in [-0.39, 0.29) is 42.2 Å². The molecule has 2 N–H and O–H groups in total. The summed E-state index contributed by atoms with van der Waals surface area (Å²) in [5.74, 6) is 0.0888. The van der Waals surface area contributed by atoms with Gasteiger partial charge in [-0.3, -0.25) is 9.69 Å². The predicted octanol–water partition coefficient (Wildman–Crippen LogP) is 2.64. The predicted molar refractivity (Wildman–Crippen MR) is 101 cm³/mol. The number of amides is 1. The molecule has 23 heavy (non-hydrogen) atoms. The summed E-state index contributed by atoms with van der Waals surface area (Å²) in [6.45, 7) is 5.11. The van der Waals surface area contributed by atoms with Crippen LogP contribution in [0.5, 0.6) is 0 Å². The van der Waals surface area contributed by atoms with Gasteiger partial charge in [0.1, 0.15) is 6.04 Å². The minimum Gasteiger partial charge on any atom is -0.354 e. The third-order valence-corrected chi connectivity index (χ3v) is 4.38. The quantitative estimate of drug-likeness (QED) is 0.847. The number of carbonyl (C=O) groups excluding carboxylic acids is 1. The van der Waals surface area contributed by atoms with E-state index in [2.05, 4.69) is 17.6 Å². The first-order chi connectivity index (χ1) is 10.0. The highest BCUT2D eigenvalue weighted by Gasteiger charge is 2.29. The summed E-state index contributed by atoms with van der Waals surface area (Å²) in [4.78, 5) is 14.6. The van der Waals surface area contributed by atoms with Gasteiger partial charge in [0.15, 0.2) is 0 Å². The maximum absolute atomic E-state index is 12.6. The molecule has 0 bridgehead atoms. The van der Waals surface area contributed by atoms with E-state index in [0.29, 0.717) is 0 Å². The lowest BCUT2D eigenvalue weighted by Crippen LogP contribution is -2.45. The van der Waals surface area contributed by atoms with Crippen molar-refractivity contribution in [3.05, 3.63) is 35.9 Å². The van der Waals surface area contributed by atoms with E-state index < -0.39 is 0 Å². The minimum atomic E-state index is -0.225. The van der Waals surface area contributed by atoms with Gasteiger partial charge in [-0.1, -0.05) is 37.3 Å². The zero-order valence-corrected chi connectivity index (χ0v) is 15.8. The Labute approximate surface area is 152 Å². The van der Waals surface area contributed by atoms with Crippen LogP contribution in [-0.2, 0) is 4.79 Å². The Bertz CT molecular complexity index is 462. The summed E-state index contributed by atoms with van der Waals surface area (Å²) in [6, 6.07) is 9.73. The van der Waals surface area contributed by atoms with Gasteiger partial charge in [0.25, 0.3) is 0 Å². The van der Waals surface area contributed by atoms with Crippen LogP contribution in [-0.4, -0.2) is 44.5 Å². The van der Waals surface area contributed by atoms with Crippen molar-refractivity contribution in [2.75, 3.05) is 33.7 Å². The second kappa shape index (κ2) is 10.1. The summed E-state index contributed by atoms with van der Waals surface area (Å²) in [7, 11) is 3.90. The molecule has 132 valence electrons. The number of hydrogen-bond acceptors (Lipinski definition) is 3. The fraction of sp³-hybridized carbons (Fsp3) is 0.588. The van der Waals surface area contributed by atoms with Crippen molar-refractivity contribution in [3.63, 3.8) is 0 Å². The Morgan fingerprint density at radius 1 is 1.22 bits per heavy atom. The third-order valence-electron chi connectivity index (χ3n) is 4.38. The lowest BCUT2D eigenvalue weighted by Gasteiger charge is -2.35. The van der Waals surface area contributed by atoms with Gasteiger partial charge in [-0.25, -0.2) is 0 Å². The molecule has 1 heterocycles. The number of nitrogens with zero attached hydrogens (tertiary/aromatic N) is 1. The molecule has 1 saturated heterocycles. The number of halogens is 2. The lowest BCUT2D eigenvalue weighted by molar-refractivity contribution is -0.126.